The van der Waals surface area contributed by atoms with Gasteiger partial charge in [-0.15, -0.1) is 0 Å². The Morgan fingerprint density at radius 3 is 2.46 bits per heavy atom. The van der Waals surface area contributed by atoms with Crippen LogP contribution in [-0.4, -0.2) is 28.3 Å². The SMILES string of the molecule is O=CC1=C(O)CC(C(=O)O)CC1=O. The van der Waals surface area contributed by atoms with E-state index in [1.54, 1.807) is 0 Å². The van der Waals surface area contributed by atoms with Crippen LogP contribution in [0.25, 0.3) is 0 Å². The highest BCUT2D eigenvalue weighted by Crippen LogP contribution is 2.24. The zero-order valence-electron chi connectivity index (χ0n) is 6.69. The highest BCUT2D eigenvalue weighted by molar-refractivity contribution is 6.13. The maximum atomic E-state index is 11.0. The molecule has 0 aromatic heterocycles. The topological polar surface area (TPSA) is 91.7 Å². The first-order valence-electron chi connectivity index (χ1n) is 3.69. The molecule has 0 spiro atoms. The van der Waals surface area contributed by atoms with Crippen LogP contribution in [0.3, 0.4) is 0 Å². The Morgan fingerprint density at radius 2 is 2.08 bits per heavy atom. The number of ketones is 1. The van der Waals surface area contributed by atoms with Gasteiger partial charge in [-0.05, 0) is 0 Å². The molecule has 0 bridgehead atoms. The summed E-state index contributed by atoms with van der Waals surface area (Å²) in [6, 6.07) is 0. The third-order valence-corrected chi connectivity index (χ3v) is 1.95. The van der Waals surface area contributed by atoms with E-state index in [0.29, 0.717) is 0 Å². The first-order valence-corrected chi connectivity index (χ1v) is 3.69. The summed E-state index contributed by atoms with van der Waals surface area (Å²) in [6.45, 7) is 0. The number of carboxylic acids is 1. The first-order chi connectivity index (χ1) is 6.06. The lowest BCUT2D eigenvalue weighted by molar-refractivity contribution is -0.144. The van der Waals surface area contributed by atoms with Crippen LogP contribution >= 0.6 is 0 Å². The van der Waals surface area contributed by atoms with Gasteiger partial charge in [-0.2, -0.15) is 0 Å². The Kier molecular flexibility index (Phi) is 2.46. The third-order valence-electron chi connectivity index (χ3n) is 1.95. The van der Waals surface area contributed by atoms with Gasteiger partial charge in [0.05, 0.1) is 11.5 Å². The molecule has 0 aromatic carbocycles. The molecule has 1 unspecified atom stereocenters. The number of carboxylic acid groups (broad SMARTS) is 1. The van der Waals surface area contributed by atoms with Crippen LogP contribution < -0.4 is 0 Å². The Balaban J connectivity index is 2.93. The third kappa shape index (κ3) is 1.74. The number of hydrogen-bond acceptors (Lipinski definition) is 4. The van der Waals surface area contributed by atoms with Crippen LogP contribution in [-0.2, 0) is 14.4 Å². The second-order valence-corrected chi connectivity index (χ2v) is 2.84. The number of carbonyl (C=O) groups is 3. The average Bonchev–Trinajstić information content (AvgIpc) is 2.03. The van der Waals surface area contributed by atoms with Crippen molar-refractivity contribution < 1.29 is 24.6 Å². The van der Waals surface area contributed by atoms with Gasteiger partial charge in [0.15, 0.2) is 12.1 Å². The van der Waals surface area contributed by atoms with Crippen molar-refractivity contribution >= 4 is 18.0 Å². The molecule has 5 nitrogen and oxygen atoms in total. The minimum absolute atomic E-state index is 0.144. The second-order valence-electron chi connectivity index (χ2n) is 2.84. The van der Waals surface area contributed by atoms with E-state index in [0.717, 1.165) is 0 Å². The number of allylic oxidation sites excluding steroid dienone is 2. The maximum Gasteiger partial charge on any atom is 0.307 e. The lowest BCUT2D eigenvalue weighted by Crippen LogP contribution is -2.25. The molecule has 0 radical (unpaired) electrons. The highest BCUT2D eigenvalue weighted by atomic mass is 16.4. The summed E-state index contributed by atoms with van der Waals surface area (Å²) < 4.78 is 0. The van der Waals surface area contributed by atoms with Gasteiger partial charge in [0.1, 0.15) is 5.76 Å². The number of Topliss-reactive ketones (excluding diaryl/α,β-unsaturated/α-hetero) is 1. The quantitative estimate of drug-likeness (QED) is 0.467. The standard InChI is InChI=1S/C8H8O5/c9-3-5-6(10)1-4(8(12)13)2-7(5)11/h3-4,10H,1-2H2,(H,12,13). The summed E-state index contributed by atoms with van der Waals surface area (Å²) in [5.74, 6) is -3.06. The molecule has 13 heavy (non-hydrogen) atoms. The average molecular weight is 184 g/mol. The molecule has 1 aliphatic rings. The molecule has 1 atom stereocenters. The molecule has 0 saturated carbocycles. The van der Waals surface area contributed by atoms with Crippen LogP contribution in [0.2, 0.25) is 0 Å². The van der Waals surface area contributed by atoms with E-state index in [9.17, 15) is 14.4 Å². The van der Waals surface area contributed by atoms with Gasteiger partial charge >= 0.3 is 5.97 Å². The summed E-state index contributed by atoms with van der Waals surface area (Å²) in [7, 11) is 0. The van der Waals surface area contributed by atoms with Crippen molar-refractivity contribution in [2.24, 2.45) is 5.92 Å². The summed E-state index contributed by atoms with van der Waals surface area (Å²) in [6.07, 6.45) is -0.0989. The molecule has 0 fully saturated rings. The van der Waals surface area contributed by atoms with E-state index in [2.05, 4.69) is 0 Å². The predicted molar refractivity (Wildman–Crippen MR) is 41.1 cm³/mol. The van der Waals surface area contributed by atoms with Crippen LogP contribution in [0, 0.1) is 5.92 Å². The fraction of sp³-hybridized carbons (Fsp3) is 0.375. The van der Waals surface area contributed by atoms with Gasteiger partial charge in [-0.25, -0.2) is 0 Å². The smallest absolute Gasteiger partial charge is 0.307 e. The Labute approximate surface area is 73.7 Å². The minimum Gasteiger partial charge on any atom is -0.511 e. The molecule has 0 aliphatic heterocycles. The molecule has 2 N–H and O–H groups in total. The lowest BCUT2D eigenvalue weighted by Gasteiger charge is -2.17. The van der Waals surface area contributed by atoms with Crippen molar-refractivity contribution in [3.63, 3.8) is 0 Å². The number of carbonyl (C=O) groups excluding carboxylic acids is 2. The molecule has 0 heterocycles. The van der Waals surface area contributed by atoms with E-state index in [-0.39, 0.29) is 24.7 Å². The van der Waals surface area contributed by atoms with Gasteiger partial charge < -0.3 is 10.2 Å². The van der Waals surface area contributed by atoms with Gasteiger partial charge in [0, 0.05) is 12.8 Å². The van der Waals surface area contributed by atoms with Crippen LogP contribution in [0.15, 0.2) is 11.3 Å². The number of aliphatic carboxylic acids is 1. The van der Waals surface area contributed by atoms with Gasteiger partial charge in [-0.3, -0.25) is 14.4 Å². The summed E-state index contributed by atoms with van der Waals surface area (Å²) in [4.78, 5) is 31.8. The van der Waals surface area contributed by atoms with E-state index < -0.39 is 23.4 Å². The first kappa shape index (κ1) is 9.44. The largest absolute Gasteiger partial charge is 0.511 e. The highest BCUT2D eigenvalue weighted by Gasteiger charge is 2.31. The lowest BCUT2D eigenvalue weighted by atomic mass is 9.88. The fourth-order valence-electron chi connectivity index (χ4n) is 1.22. The molecule has 5 heteroatoms. The predicted octanol–water partition coefficient (Wildman–Crippen LogP) is 0.0611. The molecule has 70 valence electrons. The van der Waals surface area contributed by atoms with E-state index in [1.807, 2.05) is 0 Å². The van der Waals surface area contributed by atoms with Crippen molar-refractivity contribution in [1.29, 1.82) is 0 Å². The molecular weight excluding hydrogens is 176 g/mol. The van der Waals surface area contributed by atoms with E-state index >= 15 is 0 Å². The van der Waals surface area contributed by atoms with Crippen molar-refractivity contribution in [1.82, 2.24) is 0 Å². The number of aldehydes is 1. The maximum absolute atomic E-state index is 11.0. The van der Waals surface area contributed by atoms with Gasteiger partial charge in [-0.1, -0.05) is 0 Å². The number of aliphatic hydroxyl groups excluding tert-OH is 1. The van der Waals surface area contributed by atoms with E-state index in [1.165, 1.54) is 0 Å². The molecule has 0 amide bonds. The fourth-order valence-corrected chi connectivity index (χ4v) is 1.22. The Hall–Kier alpha value is -1.65. The number of hydrogen-bond donors (Lipinski definition) is 2. The van der Waals surface area contributed by atoms with Crippen LogP contribution in [0.4, 0.5) is 0 Å². The number of rotatable bonds is 2. The van der Waals surface area contributed by atoms with Gasteiger partial charge in [0.25, 0.3) is 0 Å². The zero-order valence-corrected chi connectivity index (χ0v) is 6.69. The van der Waals surface area contributed by atoms with Crippen LogP contribution in [0.5, 0.6) is 0 Å². The normalized spacial score (nSPS) is 23.1. The molecule has 1 rings (SSSR count). The monoisotopic (exact) mass is 184 g/mol. The number of aliphatic hydroxyl groups is 1. The summed E-state index contributed by atoms with van der Waals surface area (Å²) >= 11 is 0. The molecule has 0 aromatic rings. The van der Waals surface area contributed by atoms with E-state index in [4.69, 9.17) is 10.2 Å². The van der Waals surface area contributed by atoms with Crippen LogP contribution in [0.1, 0.15) is 12.8 Å². The summed E-state index contributed by atoms with van der Waals surface area (Å²) in [5.41, 5.74) is -0.294. The minimum atomic E-state index is -1.13. The summed E-state index contributed by atoms with van der Waals surface area (Å²) in [5, 5.41) is 17.7. The van der Waals surface area contributed by atoms with Gasteiger partial charge in [0.2, 0.25) is 0 Å². The zero-order chi connectivity index (χ0) is 10.0. The Bertz CT molecular complexity index is 302. The molecule has 1 aliphatic carbocycles. The molecule has 0 saturated heterocycles. The van der Waals surface area contributed by atoms with Crippen molar-refractivity contribution in [2.75, 3.05) is 0 Å². The van der Waals surface area contributed by atoms with Crippen molar-refractivity contribution in [3.8, 4) is 0 Å². The second kappa shape index (κ2) is 3.38. The Morgan fingerprint density at radius 1 is 1.46 bits per heavy atom. The molecular formula is C8H8O5. The van der Waals surface area contributed by atoms with Crippen molar-refractivity contribution in [3.05, 3.63) is 11.3 Å². The van der Waals surface area contributed by atoms with Crippen molar-refractivity contribution in [2.45, 2.75) is 12.8 Å².